The first kappa shape index (κ1) is 18.6. The third-order valence-corrected chi connectivity index (χ3v) is 5.00. The molecule has 0 amide bonds. The number of anilines is 2. The van der Waals surface area contributed by atoms with Crippen LogP contribution in [0, 0.1) is 0 Å². The lowest BCUT2D eigenvalue weighted by Gasteiger charge is -2.09. The van der Waals surface area contributed by atoms with Gasteiger partial charge in [-0.1, -0.05) is 55.0 Å². The number of hydrogen-bond donors (Lipinski definition) is 2. The molecule has 0 saturated heterocycles. The highest BCUT2D eigenvalue weighted by molar-refractivity contribution is 7.18. The Hall–Kier alpha value is -2.18. The number of halogens is 1. The van der Waals surface area contributed by atoms with E-state index >= 15 is 0 Å². The average Bonchev–Trinajstić information content (AvgIpc) is 3.14. The van der Waals surface area contributed by atoms with Gasteiger partial charge in [-0.25, -0.2) is 15.0 Å². The molecule has 0 radical (unpaired) electrons. The lowest BCUT2D eigenvalue weighted by molar-refractivity contribution is 0.954. The van der Waals surface area contributed by atoms with Crippen molar-refractivity contribution in [3.8, 4) is 21.8 Å². The third kappa shape index (κ3) is 4.51. The van der Waals surface area contributed by atoms with Crippen LogP contribution in [0.25, 0.3) is 21.8 Å². The molecule has 3 aromatic rings. The van der Waals surface area contributed by atoms with E-state index in [-0.39, 0.29) is 0 Å². The molecular formula is C19H22ClN5S. The predicted octanol–water partition coefficient (Wildman–Crippen LogP) is 5.56. The van der Waals surface area contributed by atoms with Crippen LogP contribution in [-0.4, -0.2) is 28.0 Å². The average molecular weight is 388 g/mol. The number of thiazole rings is 1. The molecule has 0 fully saturated rings. The predicted molar refractivity (Wildman–Crippen MR) is 111 cm³/mol. The lowest BCUT2D eigenvalue weighted by Crippen LogP contribution is -2.05. The lowest BCUT2D eigenvalue weighted by atomic mass is 10.1. The maximum atomic E-state index is 6.37. The van der Waals surface area contributed by atoms with Crippen molar-refractivity contribution in [2.24, 2.45) is 0 Å². The first-order chi connectivity index (χ1) is 12.7. The van der Waals surface area contributed by atoms with E-state index in [0.29, 0.717) is 11.0 Å². The van der Waals surface area contributed by atoms with Gasteiger partial charge >= 0.3 is 0 Å². The van der Waals surface area contributed by atoms with Gasteiger partial charge in [0.15, 0.2) is 5.13 Å². The fourth-order valence-corrected chi connectivity index (χ4v) is 3.44. The smallest absolute Gasteiger partial charge is 0.223 e. The first-order valence-electron chi connectivity index (χ1n) is 8.79. The van der Waals surface area contributed by atoms with Gasteiger partial charge in [-0.05, 0) is 25.0 Å². The van der Waals surface area contributed by atoms with Gasteiger partial charge in [-0.15, -0.1) is 0 Å². The van der Waals surface area contributed by atoms with Crippen LogP contribution in [0.5, 0.6) is 0 Å². The Kier molecular flexibility index (Phi) is 6.41. The second kappa shape index (κ2) is 8.96. The van der Waals surface area contributed by atoms with E-state index < -0.39 is 0 Å². The molecule has 1 aromatic carbocycles. The summed E-state index contributed by atoms with van der Waals surface area (Å²) < 4.78 is 0. The summed E-state index contributed by atoms with van der Waals surface area (Å²) in [7, 11) is 0. The zero-order valence-electron chi connectivity index (χ0n) is 14.9. The van der Waals surface area contributed by atoms with Crippen molar-refractivity contribution in [2.75, 3.05) is 23.7 Å². The SMILES string of the molecule is CCCNc1nc(-c2cnc(NCCC)s2)cc(-c2ccccc2Cl)n1. The molecule has 26 heavy (non-hydrogen) atoms. The Bertz CT molecular complexity index is 865. The minimum atomic E-state index is 0.607. The van der Waals surface area contributed by atoms with Crippen molar-refractivity contribution in [3.63, 3.8) is 0 Å². The minimum Gasteiger partial charge on any atom is -0.362 e. The van der Waals surface area contributed by atoms with Crippen LogP contribution in [0.4, 0.5) is 11.1 Å². The van der Waals surface area contributed by atoms with Gasteiger partial charge < -0.3 is 10.6 Å². The largest absolute Gasteiger partial charge is 0.362 e. The molecule has 0 atom stereocenters. The summed E-state index contributed by atoms with van der Waals surface area (Å²) in [6.07, 6.45) is 3.91. The summed E-state index contributed by atoms with van der Waals surface area (Å²) in [6, 6.07) is 9.69. The molecule has 5 nitrogen and oxygen atoms in total. The molecule has 7 heteroatoms. The number of nitrogens with one attached hydrogen (secondary N) is 2. The van der Waals surface area contributed by atoms with Crippen LogP contribution >= 0.6 is 22.9 Å². The van der Waals surface area contributed by atoms with Crippen molar-refractivity contribution in [2.45, 2.75) is 26.7 Å². The molecule has 2 N–H and O–H groups in total. The van der Waals surface area contributed by atoms with Crippen molar-refractivity contribution in [3.05, 3.63) is 41.6 Å². The van der Waals surface area contributed by atoms with Gasteiger partial charge in [0.25, 0.3) is 0 Å². The summed E-state index contributed by atoms with van der Waals surface area (Å²) >= 11 is 7.97. The zero-order valence-corrected chi connectivity index (χ0v) is 16.5. The van der Waals surface area contributed by atoms with Crippen molar-refractivity contribution < 1.29 is 0 Å². The summed E-state index contributed by atoms with van der Waals surface area (Å²) in [6.45, 7) is 5.97. The van der Waals surface area contributed by atoms with Crippen molar-refractivity contribution in [1.29, 1.82) is 0 Å². The van der Waals surface area contributed by atoms with E-state index in [1.807, 2.05) is 36.5 Å². The Labute approximate surface area is 162 Å². The van der Waals surface area contributed by atoms with Gasteiger partial charge in [0.1, 0.15) is 0 Å². The third-order valence-electron chi connectivity index (χ3n) is 3.69. The van der Waals surface area contributed by atoms with E-state index in [0.717, 1.165) is 52.9 Å². The van der Waals surface area contributed by atoms with E-state index in [1.54, 1.807) is 11.3 Å². The minimum absolute atomic E-state index is 0.607. The second-order valence-corrected chi connectivity index (χ2v) is 7.26. The zero-order chi connectivity index (χ0) is 18.4. The molecular weight excluding hydrogens is 366 g/mol. The Morgan fingerprint density at radius 2 is 1.73 bits per heavy atom. The molecule has 0 aliphatic carbocycles. The quantitative estimate of drug-likeness (QED) is 0.529. The summed E-state index contributed by atoms with van der Waals surface area (Å²) in [5.74, 6) is 0.607. The fraction of sp³-hybridized carbons (Fsp3) is 0.316. The summed E-state index contributed by atoms with van der Waals surface area (Å²) in [5.41, 5.74) is 2.54. The second-order valence-electron chi connectivity index (χ2n) is 5.83. The number of nitrogens with zero attached hydrogens (tertiary/aromatic N) is 3. The monoisotopic (exact) mass is 387 g/mol. The Morgan fingerprint density at radius 1 is 1.00 bits per heavy atom. The highest BCUT2D eigenvalue weighted by Crippen LogP contribution is 2.33. The number of benzene rings is 1. The molecule has 0 aliphatic heterocycles. The van der Waals surface area contributed by atoms with Gasteiger partial charge in [0.05, 0.1) is 16.3 Å². The van der Waals surface area contributed by atoms with E-state index in [2.05, 4.69) is 39.4 Å². The summed E-state index contributed by atoms with van der Waals surface area (Å²) in [4.78, 5) is 14.8. The molecule has 0 aliphatic rings. The molecule has 2 heterocycles. The highest BCUT2D eigenvalue weighted by atomic mass is 35.5. The molecule has 2 aromatic heterocycles. The van der Waals surface area contributed by atoms with Crippen LogP contribution < -0.4 is 10.6 Å². The molecule has 0 unspecified atom stereocenters. The maximum absolute atomic E-state index is 6.37. The van der Waals surface area contributed by atoms with Crippen LogP contribution in [0.2, 0.25) is 5.02 Å². The van der Waals surface area contributed by atoms with E-state index in [4.69, 9.17) is 11.6 Å². The molecule has 0 spiro atoms. The van der Waals surface area contributed by atoms with Gasteiger partial charge in [0.2, 0.25) is 5.95 Å². The van der Waals surface area contributed by atoms with Crippen LogP contribution in [0.3, 0.4) is 0 Å². The van der Waals surface area contributed by atoms with Crippen LogP contribution in [0.1, 0.15) is 26.7 Å². The number of rotatable bonds is 8. The van der Waals surface area contributed by atoms with Crippen LogP contribution in [-0.2, 0) is 0 Å². The van der Waals surface area contributed by atoms with Crippen LogP contribution in [0.15, 0.2) is 36.5 Å². The fourth-order valence-electron chi connectivity index (χ4n) is 2.40. The molecule has 0 bridgehead atoms. The van der Waals surface area contributed by atoms with E-state index in [1.165, 1.54) is 0 Å². The topological polar surface area (TPSA) is 62.7 Å². The summed E-state index contributed by atoms with van der Waals surface area (Å²) in [5, 5.41) is 8.17. The number of aromatic nitrogens is 3. The van der Waals surface area contributed by atoms with Crippen molar-refractivity contribution in [1.82, 2.24) is 15.0 Å². The van der Waals surface area contributed by atoms with Gasteiger partial charge in [0, 0.05) is 29.9 Å². The Balaban J connectivity index is 2.00. The maximum Gasteiger partial charge on any atom is 0.223 e. The Morgan fingerprint density at radius 3 is 2.50 bits per heavy atom. The first-order valence-corrected chi connectivity index (χ1v) is 9.98. The molecule has 3 rings (SSSR count). The highest BCUT2D eigenvalue weighted by Gasteiger charge is 2.13. The van der Waals surface area contributed by atoms with Crippen molar-refractivity contribution >= 4 is 34.0 Å². The normalized spacial score (nSPS) is 10.7. The number of hydrogen-bond acceptors (Lipinski definition) is 6. The van der Waals surface area contributed by atoms with Gasteiger partial charge in [-0.2, -0.15) is 0 Å². The molecule has 136 valence electrons. The van der Waals surface area contributed by atoms with Gasteiger partial charge in [-0.3, -0.25) is 0 Å². The standard InChI is InChI=1S/C19H22ClN5S/c1-3-9-21-18-24-15(13-7-5-6-8-14(13)20)11-16(25-18)17-12-23-19(26-17)22-10-4-2/h5-8,11-12H,3-4,9-10H2,1-2H3,(H,22,23)(H,21,24,25). The molecule has 0 saturated carbocycles. The van der Waals surface area contributed by atoms with E-state index in [9.17, 15) is 0 Å².